The van der Waals surface area contributed by atoms with E-state index in [9.17, 15) is 14.9 Å². The van der Waals surface area contributed by atoms with E-state index in [1.807, 2.05) is 68.4 Å². The molecule has 40 heavy (non-hydrogen) atoms. The van der Waals surface area contributed by atoms with Gasteiger partial charge in [-0.25, -0.2) is 4.68 Å². The van der Waals surface area contributed by atoms with E-state index in [1.54, 1.807) is 18.2 Å². The Morgan fingerprint density at radius 2 is 1.52 bits per heavy atom. The highest BCUT2D eigenvalue weighted by molar-refractivity contribution is 5.94. The van der Waals surface area contributed by atoms with E-state index in [1.165, 1.54) is 27.9 Å². The van der Waals surface area contributed by atoms with Crippen LogP contribution in [-0.4, -0.2) is 27.2 Å². The topological polar surface area (TPSA) is 90.1 Å². The fourth-order valence-electron chi connectivity index (χ4n) is 4.84. The Morgan fingerprint density at radius 3 is 2.15 bits per heavy atom. The molecule has 0 radical (unpaired) electrons. The monoisotopic (exact) mass is 530 g/mol. The lowest BCUT2D eigenvalue weighted by Gasteiger charge is -2.18. The molecule has 1 aromatic heterocycles. The number of rotatable bonds is 9. The molecule has 0 fully saturated rings. The summed E-state index contributed by atoms with van der Waals surface area (Å²) in [6.45, 7) is 4.50. The van der Waals surface area contributed by atoms with Crippen LogP contribution in [0.4, 0.5) is 5.69 Å². The molecular weight excluding hydrogens is 500 g/mol. The molecule has 1 heterocycles. The predicted octanol–water partition coefficient (Wildman–Crippen LogP) is 7.02. The molecule has 0 saturated carbocycles. The normalized spacial score (nSPS) is 11.0. The molecule has 0 aliphatic heterocycles. The molecule has 0 aliphatic rings. The first-order valence-corrected chi connectivity index (χ1v) is 13.2. The van der Waals surface area contributed by atoms with Crippen LogP contribution in [0.25, 0.3) is 16.9 Å². The van der Waals surface area contributed by atoms with Crippen LogP contribution in [0.3, 0.4) is 0 Å². The fraction of sp³-hybridized carbons (Fsp3) is 0.152. The van der Waals surface area contributed by atoms with Crippen LogP contribution in [-0.2, 0) is 0 Å². The van der Waals surface area contributed by atoms with Gasteiger partial charge in [-0.2, -0.15) is 5.10 Å². The SMILES string of the molecule is Cc1ccc(-c2cc(C(=O)NCCC(c3ccccc3)c3ccccc3)n(-c3cccc([N+](=O)[O-])c3)n2)cc1C. The predicted molar refractivity (Wildman–Crippen MR) is 157 cm³/mol. The van der Waals surface area contributed by atoms with Crippen LogP contribution in [0.15, 0.2) is 109 Å². The Bertz CT molecular complexity index is 1610. The molecule has 1 N–H and O–H groups in total. The summed E-state index contributed by atoms with van der Waals surface area (Å²) in [6, 6.07) is 34.4. The maximum Gasteiger partial charge on any atom is 0.271 e. The van der Waals surface area contributed by atoms with Gasteiger partial charge >= 0.3 is 0 Å². The largest absolute Gasteiger partial charge is 0.351 e. The van der Waals surface area contributed by atoms with Gasteiger partial charge in [0.25, 0.3) is 11.6 Å². The Morgan fingerprint density at radius 1 is 0.850 bits per heavy atom. The molecular formula is C33H30N4O3. The van der Waals surface area contributed by atoms with E-state index < -0.39 is 4.92 Å². The molecule has 0 atom stereocenters. The zero-order valence-corrected chi connectivity index (χ0v) is 22.5. The highest BCUT2D eigenvalue weighted by Crippen LogP contribution is 2.28. The molecule has 5 aromatic rings. The number of hydrogen-bond acceptors (Lipinski definition) is 4. The molecule has 0 unspecified atom stereocenters. The van der Waals surface area contributed by atoms with E-state index in [-0.39, 0.29) is 17.5 Å². The number of benzene rings is 4. The van der Waals surface area contributed by atoms with Gasteiger partial charge in [0, 0.05) is 30.2 Å². The quantitative estimate of drug-likeness (QED) is 0.164. The Kier molecular flexibility index (Phi) is 7.82. The molecule has 0 aliphatic carbocycles. The minimum Gasteiger partial charge on any atom is -0.351 e. The third-order valence-electron chi connectivity index (χ3n) is 7.15. The molecule has 1 amide bonds. The van der Waals surface area contributed by atoms with Gasteiger partial charge in [0.1, 0.15) is 5.69 Å². The minimum atomic E-state index is -0.454. The standard InChI is InChI=1S/C33H30N4O3/c1-23-16-17-27(20-24(23)2)31-22-32(36(35-31)28-14-9-15-29(21-28)37(39)40)33(38)34-19-18-30(25-10-5-3-6-11-25)26-12-7-4-8-13-26/h3-17,20-22,30H,18-19H2,1-2H3,(H,34,38). The maximum atomic E-state index is 13.6. The highest BCUT2D eigenvalue weighted by atomic mass is 16.6. The zero-order chi connectivity index (χ0) is 28.1. The van der Waals surface area contributed by atoms with E-state index >= 15 is 0 Å². The first-order chi connectivity index (χ1) is 19.4. The number of amides is 1. The third-order valence-corrected chi connectivity index (χ3v) is 7.15. The summed E-state index contributed by atoms with van der Waals surface area (Å²) in [5.41, 5.74) is 6.81. The zero-order valence-electron chi connectivity index (χ0n) is 22.5. The Labute approximate surface area is 233 Å². The van der Waals surface area contributed by atoms with Crippen LogP contribution >= 0.6 is 0 Å². The summed E-state index contributed by atoms with van der Waals surface area (Å²) in [4.78, 5) is 24.6. The Balaban J connectivity index is 1.44. The summed E-state index contributed by atoms with van der Waals surface area (Å²) in [6.07, 6.45) is 0.703. The lowest BCUT2D eigenvalue weighted by molar-refractivity contribution is -0.384. The van der Waals surface area contributed by atoms with Crippen LogP contribution in [0.1, 0.15) is 45.1 Å². The van der Waals surface area contributed by atoms with E-state index in [0.29, 0.717) is 30.0 Å². The number of carbonyl (C=O) groups is 1. The average Bonchev–Trinajstić information content (AvgIpc) is 3.43. The summed E-state index contributed by atoms with van der Waals surface area (Å²) in [7, 11) is 0. The number of nitrogens with one attached hydrogen (secondary N) is 1. The number of nitro groups is 1. The second-order valence-corrected chi connectivity index (χ2v) is 9.82. The summed E-state index contributed by atoms with van der Waals surface area (Å²) >= 11 is 0. The average molecular weight is 531 g/mol. The molecule has 7 heteroatoms. The minimum absolute atomic E-state index is 0.0688. The molecule has 0 bridgehead atoms. The Hall–Kier alpha value is -5.04. The van der Waals surface area contributed by atoms with Crippen LogP contribution < -0.4 is 5.32 Å². The molecule has 4 aromatic carbocycles. The first-order valence-electron chi connectivity index (χ1n) is 13.2. The molecule has 7 nitrogen and oxygen atoms in total. The van der Waals surface area contributed by atoms with E-state index in [4.69, 9.17) is 5.10 Å². The number of aryl methyl sites for hydroxylation is 2. The van der Waals surface area contributed by atoms with Crippen LogP contribution in [0.2, 0.25) is 0 Å². The van der Waals surface area contributed by atoms with Crippen molar-refractivity contribution in [2.45, 2.75) is 26.2 Å². The van der Waals surface area contributed by atoms with Crippen molar-refractivity contribution in [1.29, 1.82) is 0 Å². The van der Waals surface area contributed by atoms with Crippen molar-refractivity contribution >= 4 is 11.6 Å². The third kappa shape index (κ3) is 5.83. The van der Waals surface area contributed by atoms with Gasteiger partial charge in [0.15, 0.2) is 0 Å². The van der Waals surface area contributed by atoms with Gasteiger partial charge in [0.05, 0.1) is 16.3 Å². The van der Waals surface area contributed by atoms with Crippen molar-refractivity contribution < 1.29 is 9.72 Å². The van der Waals surface area contributed by atoms with Gasteiger partial charge in [-0.15, -0.1) is 0 Å². The lowest BCUT2D eigenvalue weighted by Crippen LogP contribution is -2.28. The number of hydrogen-bond donors (Lipinski definition) is 1. The summed E-state index contributed by atoms with van der Waals surface area (Å²) < 4.78 is 1.48. The van der Waals surface area contributed by atoms with E-state index in [2.05, 4.69) is 29.6 Å². The highest BCUT2D eigenvalue weighted by Gasteiger charge is 2.20. The number of aromatic nitrogens is 2. The number of carbonyl (C=O) groups excluding carboxylic acids is 1. The van der Waals surface area contributed by atoms with Crippen molar-refractivity contribution in [2.75, 3.05) is 6.54 Å². The molecule has 5 rings (SSSR count). The maximum absolute atomic E-state index is 13.6. The van der Waals surface area contributed by atoms with Crippen molar-refractivity contribution in [1.82, 2.24) is 15.1 Å². The van der Waals surface area contributed by atoms with Gasteiger partial charge in [0.2, 0.25) is 0 Å². The van der Waals surface area contributed by atoms with Crippen LogP contribution in [0.5, 0.6) is 0 Å². The van der Waals surface area contributed by atoms with Crippen molar-refractivity contribution in [3.8, 4) is 16.9 Å². The molecule has 0 spiro atoms. The number of nitro benzene ring substituents is 1. The van der Waals surface area contributed by atoms with Gasteiger partial charge in [-0.3, -0.25) is 14.9 Å². The second kappa shape index (κ2) is 11.8. The van der Waals surface area contributed by atoms with Crippen molar-refractivity contribution in [2.24, 2.45) is 0 Å². The lowest BCUT2D eigenvalue weighted by atomic mass is 9.88. The van der Waals surface area contributed by atoms with Crippen molar-refractivity contribution in [3.05, 3.63) is 147 Å². The second-order valence-electron chi connectivity index (χ2n) is 9.82. The number of non-ortho nitro benzene ring substituents is 1. The smallest absolute Gasteiger partial charge is 0.271 e. The molecule has 0 saturated heterocycles. The summed E-state index contributed by atoms with van der Waals surface area (Å²) in [5.74, 6) is -0.176. The fourth-order valence-corrected chi connectivity index (χ4v) is 4.84. The van der Waals surface area contributed by atoms with E-state index in [0.717, 1.165) is 16.7 Å². The van der Waals surface area contributed by atoms with Gasteiger partial charge < -0.3 is 5.32 Å². The van der Waals surface area contributed by atoms with Gasteiger partial charge in [-0.05, 0) is 60.7 Å². The number of nitrogens with zero attached hydrogens (tertiary/aromatic N) is 3. The van der Waals surface area contributed by atoms with Gasteiger partial charge in [-0.1, -0.05) is 78.9 Å². The summed E-state index contributed by atoms with van der Waals surface area (Å²) in [5, 5.41) is 19.2. The van der Waals surface area contributed by atoms with Crippen molar-refractivity contribution in [3.63, 3.8) is 0 Å². The first kappa shape index (κ1) is 26.6. The van der Waals surface area contributed by atoms with Crippen LogP contribution in [0, 0.1) is 24.0 Å². The molecule has 200 valence electrons.